The highest BCUT2D eigenvalue weighted by Gasteiger charge is 2.28. The number of benzene rings is 1. The maximum Gasteiger partial charge on any atom is 0.226 e. The Balaban J connectivity index is 1.62. The van der Waals surface area contributed by atoms with Gasteiger partial charge in [0.1, 0.15) is 17.4 Å². The zero-order valence-electron chi connectivity index (χ0n) is 18.2. The van der Waals surface area contributed by atoms with Crippen molar-refractivity contribution in [1.82, 2.24) is 9.88 Å². The summed E-state index contributed by atoms with van der Waals surface area (Å²) in [6.07, 6.45) is 4.45. The molecule has 0 aliphatic heterocycles. The number of carbonyl (C=O) groups is 1. The molecule has 1 aromatic carbocycles. The van der Waals surface area contributed by atoms with Gasteiger partial charge in [-0.1, -0.05) is 58.7 Å². The standard InChI is InChI=1S/C24H34N2O2S/c1-17(2)13-26(24(27)19-9-5-6-10-19)14-20-16-29-23(25-20)15-28-22-12-8-7-11-21(22)18(3)4/h7-8,11-12,16-19H,5-6,9-10,13-15H2,1-4H3. The van der Waals surface area contributed by atoms with Gasteiger partial charge < -0.3 is 9.64 Å². The van der Waals surface area contributed by atoms with Crippen molar-refractivity contribution in [3.8, 4) is 5.75 Å². The molecule has 1 heterocycles. The van der Waals surface area contributed by atoms with Crippen LogP contribution in [0.1, 0.15) is 75.6 Å². The summed E-state index contributed by atoms with van der Waals surface area (Å²) in [6, 6.07) is 8.20. The maximum absolute atomic E-state index is 13.0. The van der Waals surface area contributed by atoms with Crippen LogP contribution < -0.4 is 4.74 Å². The van der Waals surface area contributed by atoms with Crippen LogP contribution in [0.5, 0.6) is 5.75 Å². The van der Waals surface area contributed by atoms with Gasteiger partial charge in [-0.3, -0.25) is 4.79 Å². The number of thiazole rings is 1. The Kier molecular flexibility index (Phi) is 7.70. The van der Waals surface area contributed by atoms with Gasteiger partial charge in [-0.05, 0) is 36.3 Å². The second-order valence-electron chi connectivity index (χ2n) is 8.81. The molecule has 1 saturated carbocycles. The molecular formula is C24H34N2O2S. The summed E-state index contributed by atoms with van der Waals surface area (Å²) in [6.45, 7) is 10.5. The molecular weight excluding hydrogens is 380 g/mol. The Hall–Kier alpha value is -1.88. The molecule has 0 bridgehead atoms. The zero-order chi connectivity index (χ0) is 20.8. The van der Waals surface area contributed by atoms with Crippen LogP contribution in [-0.4, -0.2) is 22.3 Å². The van der Waals surface area contributed by atoms with Crippen LogP contribution in [0.2, 0.25) is 0 Å². The molecule has 0 saturated heterocycles. The van der Waals surface area contributed by atoms with E-state index in [9.17, 15) is 4.79 Å². The first-order valence-electron chi connectivity index (χ1n) is 10.9. The van der Waals surface area contributed by atoms with Crippen molar-refractivity contribution in [3.05, 3.63) is 45.9 Å². The Morgan fingerprint density at radius 3 is 2.62 bits per heavy atom. The fourth-order valence-electron chi connectivity index (χ4n) is 4.02. The largest absolute Gasteiger partial charge is 0.486 e. The van der Waals surface area contributed by atoms with Gasteiger partial charge in [0.05, 0.1) is 12.2 Å². The second kappa shape index (κ2) is 10.2. The number of nitrogens with zero attached hydrogens (tertiary/aromatic N) is 2. The molecule has 0 atom stereocenters. The number of amides is 1. The third-order valence-electron chi connectivity index (χ3n) is 5.45. The number of rotatable bonds is 9. The van der Waals surface area contributed by atoms with E-state index in [4.69, 9.17) is 9.72 Å². The van der Waals surface area contributed by atoms with Gasteiger partial charge in [-0.25, -0.2) is 4.98 Å². The summed E-state index contributed by atoms with van der Waals surface area (Å²) >= 11 is 1.61. The van der Waals surface area contributed by atoms with Crippen LogP contribution in [0.3, 0.4) is 0 Å². The lowest BCUT2D eigenvalue weighted by Gasteiger charge is -2.26. The average molecular weight is 415 g/mol. The smallest absolute Gasteiger partial charge is 0.226 e. The monoisotopic (exact) mass is 414 g/mol. The van der Waals surface area contributed by atoms with Crippen molar-refractivity contribution in [1.29, 1.82) is 0 Å². The third kappa shape index (κ3) is 6.05. The molecule has 0 unspecified atom stereocenters. The summed E-state index contributed by atoms with van der Waals surface area (Å²) in [7, 11) is 0. The van der Waals surface area contributed by atoms with Gasteiger partial charge >= 0.3 is 0 Å². The molecule has 29 heavy (non-hydrogen) atoms. The van der Waals surface area contributed by atoms with E-state index < -0.39 is 0 Å². The van der Waals surface area contributed by atoms with Crippen molar-refractivity contribution < 1.29 is 9.53 Å². The molecule has 0 spiro atoms. The minimum Gasteiger partial charge on any atom is -0.486 e. The van der Waals surface area contributed by atoms with E-state index in [1.54, 1.807) is 11.3 Å². The fraction of sp³-hybridized carbons (Fsp3) is 0.583. The van der Waals surface area contributed by atoms with E-state index in [1.807, 2.05) is 23.1 Å². The zero-order valence-corrected chi connectivity index (χ0v) is 19.0. The van der Waals surface area contributed by atoms with Crippen LogP contribution in [-0.2, 0) is 17.9 Å². The molecule has 4 nitrogen and oxygen atoms in total. The lowest BCUT2D eigenvalue weighted by molar-refractivity contribution is -0.136. The number of hydrogen-bond acceptors (Lipinski definition) is 4. The summed E-state index contributed by atoms with van der Waals surface area (Å²) in [5, 5.41) is 3.03. The number of ether oxygens (including phenoxy) is 1. The topological polar surface area (TPSA) is 42.4 Å². The van der Waals surface area contributed by atoms with E-state index >= 15 is 0 Å². The summed E-state index contributed by atoms with van der Waals surface area (Å²) in [5.74, 6) is 2.33. The highest BCUT2D eigenvalue weighted by molar-refractivity contribution is 7.09. The van der Waals surface area contributed by atoms with Gasteiger partial charge in [0.2, 0.25) is 5.91 Å². The molecule has 1 fully saturated rings. The van der Waals surface area contributed by atoms with Crippen LogP contribution in [0, 0.1) is 11.8 Å². The van der Waals surface area contributed by atoms with Gasteiger partial charge in [0, 0.05) is 17.8 Å². The lowest BCUT2D eigenvalue weighted by atomic mass is 10.0. The van der Waals surface area contributed by atoms with Gasteiger partial charge in [0.25, 0.3) is 0 Å². The molecule has 1 aliphatic rings. The Morgan fingerprint density at radius 1 is 1.21 bits per heavy atom. The Labute approximate surface area is 179 Å². The minimum absolute atomic E-state index is 0.211. The summed E-state index contributed by atoms with van der Waals surface area (Å²) in [4.78, 5) is 19.8. The molecule has 2 aromatic rings. The number of carbonyl (C=O) groups excluding carboxylic acids is 1. The molecule has 0 N–H and O–H groups in total. The number of aromatic nitrogens is 1. The molecule has 158 valence electrons. The van der Waals surface area contributed by atoms with Gasteiger partial charge in [-0.15, -0.1) is 11.3 Å². The minimum atomic E-state index is 0.211. The first-order valence-corrected chi connectivity index (χ1v) is 11.8. The summed E-state index contributed by atoms with van der Waals surface area (Å²) < 4.78 is 6.06. The Bertz CT molecular complexity index is 794. The van der Waals surface area contributed by atoms with E-state index in [-0.39, 0.29) is 5.92 Å². The SMILES string of the molecule is CC(C)CN(Cc1csc(COc2ccccc2C(C)C)n1)C(=O)C1CCCC1. The first kappa shape index (κ1) is 21.8. The normalized spacial score (nSPS) is 14.7. The highest BCUT2D eigenvalue weighted by Crippen LogP contribution is 2.29. The van der Waals surface area contributed by atoms with Gasteiger partial charge in [0.15, 0.2) is 0 Å². The van der Waals surface area contributed by atoms with Crippen molar-refractivity contribution in [3.63, 3.8) is 0 Å². The first-order chi connectivity index (χ1) is 13.9. The van der Waals surface area contributed by atoms with E-state index in [0.29, 0.717) is 30.9 Å². The molecule has 5 heteroatoms. The van der Waals surface area contributed by atoms with E-state index in [2.05, 4.69) is 39.1 Å². The van der Waals surface area contributed by atoms with Crippen molar-refractivity contribution >= 4 is 17.2 Å². The average Bonchev–Trinajstić information content (AvgIpc) is 3.37. The number of hydrogen-bond donors (Lipinski definition) is 0. The van der Waals surface area contributed by atoms with E-state index in [1.165, 1.54) is 18.4 Å². The highest BCUT2D eigenvalue weighted by atomic mass is 32.1. The second-order valence-corrected chi connectivity index (χ2v) is 9.75. The lowest BCUT2D eigenvalue weighted by Crippen LogP contribution is -2.37. The van der Waals surface area contributed by atoms with Crippen LogP contribution in [0.15, 0.2) is 29.6 Å². The molecule has 3 rings (SSSR count). The number of para-hydroxylation sites is 1. The van der Waals surface area contributed by atoms with Crippen molar-refractivity contribution in [2.45, 2.75) is 72.4 Å². The quantitative estimate of drug-likeness (QED) is 0.504. The van der Waals surface area contributed by atoms with Crippen LogP contribution in [0.25, 0.3) is 0 Å². The third-order valence-corrected chi connectivity index (χ3v) is 6.32. The van der Waals surface area contributed by atoms with E-state index in [0.717, 1.165) is 35.8 Å². The van der Waals surface area contributed by atoms with Crippen molar-refractivity contribution in [2.75, 3.05) is 6.54 Å². The molecule has 1 amide bonds. The van der Waals surface area contributed by atoms with Crippen LogP contribution in [0.4, 0.5) is 0 Å². The van der Waals surface area contributed by atoms with Crippen LogP contribution >= 0.6 is 11.3 Å². The molecule has 0 radical (unpaired) electrons. The van der Waals surface area contributed by atoms with Gasteiger partial charge in [-0.2, -0.15) is 0 Å². The summed E-state index contributed by atoms with van der Waals surface area (Å²) in [5.41, 5.74) is 2.19. The predicted octanol–water partition coefficient (Wildman–Crippen LogP) is 6.02. The predicted molar refractivity (Wildman–Crippen MR) is 119 cm³/mol. The fourth-order valence-corrected chi connectivity index (χ4v) is 4.71. The Morgan fingerprint density at radius 2 is 1.93 bits per heavy atom. The molecule has 1 aromatic heterocycles. The molecule has 1 aliphatic carbocycles. The van der Waals surface area contributed by atoms with Crippen molar-refractivity contribution in [2.24, 2.45) is 11.8 Å². The maximum atomic E-state index is 13.0.